The molecule has 3 rings (SSSR count). The third kappa shape index (κ3) is 5.53. The summed E-state index contributed by atoms with van der Waals surface area (Å²) in [6.45, 7) is 2.74. The Bertz CT molecular complexity index is 951. The van der Waals surface area contributed by atoms with Gasteiger partial charge in [-0.05, 0) is 42.4 Å². The summed E-state index contributed by atoms with van der Waals surface area (Å²) in [6.07, 6.45) is -2.94. The number of alkyl halides is 3. The number of aryl methyl sites for hydroxylation is 1. The molecule has 0 radical (unpaired) electrons. The first kappa shape index (κ1) is 19.8. The van der Waals surface area contributed by atoms with Crippen molar-refractivity contribution in [3.63, 3.8) is 0 Å². The maximum absolute atomic E-state index is 12.8. The van der Waals surface area contributed by atoms with E-state index in [4.69, 9.17) is 12.2 Å². The number of hydrogen-bond acceptors (Lipinski definition) is 3. The lowest BCUT2D eigenvalue weighted by molar-refractivity contribution is -0.137. The van der Waals surface area contributed by atoms with Crippen molar-refractivity contribution in [1.29, 1.82) is 0 Å². The number of thiocarbonyl (C=S) groups is 1. The first-order valence-corrected chi connectivity index (χ1v) is 8.86. The molecule has 1 aromatic heterocycles. The highest BCUT2D eigenvalue weighted by atomic mass is 32.1. The molecule has 0 aliphatic carbocycles. The Kier molecular flexibility index (Phi) is 5.93. The Morgan fingerprint density at radius 2 is 1.86 bits per heavy atom. The van der Waals surface area contributed by atoms with Gasteiger partial charge in [-0.25, -0.2) is 9.67 Å². The largest absolute Gasteiger partial charge is 0.416 e. The molecule has 5 nitrogen and oxygen atoms in total. The molecule has 0 amide bonds. The minimum Gasteiger partial charge on any atom is -0.358 e. The molecular weight excluding hydrogens is 387 g/mol. The van der Waals surface area contributed by atoms with E-state index in [2.05, 4.69) is 20.7 Å². The fourth-order valence-electron chi connectivity index (χ4n) is 2.50. The molecule has 0 saturated heterocycles. The summed E-state index contributed by atoms with van der Waals surface area (Å²) in [5.41, 5.74) is 2.05. The number of nitrogens with zero attached hydrogens (tertiary/aromatic N) is 3. The zero-order valence-electron chi connectivity index (χ0n) is 15.0. The van der Waals surface area contributed by atoms with Crippen molar-refractivity contribution in [2.75, 3.05) is 5.32 Å². The Labute approximate surface area is 165 Å². The summed E-state index contributed by atoms with van der Waals surface area (Å²) in [5, 5.41) is 10.5. The third-order valence-corrected chi connectivity index (χ3v) is 4.18. The molecule has 2 aromatic carbocycles. The molecule has 0 fully saturated rings. The van der Waals surface area contributed by atoms with Gasteiger partial charge in [-0.3, -0.25) is 5.32 Å². The smallest absolute Gasteiger partial charge is 0.358 e. The molecule has 1 heterocycles. The van der Waals surface area contributed by atoms with Crippen LogP contribution in [-0.2, 0) is 19.3 Å². The van der Waals surface area contributed by atoms with E-state index in [1.54, 1.807) is 6.07 Å². The van der Waals surface area contributed by atoms with Crippen LogP contribution in [0.3, 0.4) is 0 Å². The highest BCUT2D eigenvalue weighted by Gasteiger charge is 2.30. The van der Waals surface area contributed by atoms with Gasteiger partial charge in [0.05, 0.1) is 12.1 Å². The van der Waals surface area contributed by atoms with Gasteiger partial charge in [0.15, 0.2) is 5.11 Å². The average Bonchev–Trinajstić information content (AvgIpc) is 3.07. The van der Waals surface area contributed by atoms with Crippen LogP contribution in [-0.4, -0.2) is 19.9 Å². The van der Waals surface area contributed by atoms with Gasteiger partial charge in [0.25, 0.3) is 0 Å². The molecule has 0 saturated carbocycles. The van der Waals surface area contributed by atoms with Crippen molar-refractivity contribution in [3.8, 4) is 0 Å². The van der Waals surface area contributed by atoms with E-state index in [0.29, 0.717) is 17.2 Å². The molecule has 9 heteroatoms. The quantitative estimate of drug-likeness (QED) is 0.625. The standard InChI is InChI=1S/C19H18F3N5S/c1-13-5-7-14(8-6-13)10-23-18(28)25-17-24-12-27(26-17)11-15-3-2-4-16(9-15)19(20,21)22/h2-9,12H,10-11H2,1H3,(H2,23,25,26,28). The van der Waals surface area contributed by atoms with Crippen LogP contribution in [0.15, 0.2) is 54.9 Å². The van der Waals surface area contributed by atoms with Crippen molar-refractivity contribution in [2.24, 2.45) is 0 Å². The lowest BCUT2D eigenvalue weighted by Gasteiger charge is -2.09. The molecule has 0 atom stereocenters. The number of aromatic nitrogens is 3. The van der Waals surface area contributed by atoms with Crippen LogP contribution < -0.4 is 10.6 Å². The van der Waals surface area contributed by atoms with Crippen LogP contribution in [0.25, 0.3) is 0 Å². The van der Waals surface area contributed by atoms with Crippen LogP contribution in [0.4, 0.5) is 19.1 Å². The molecule has 28 heavy (non-hydrogen) atoms. The van der Waals surface area contributed by atoms with Gasteiger partial charge in [-0.1, -0.05) is 42.0 Å². The second-order valence-electron chi connectivity index (χ2n) is 6.26. The molecular formula is C19H18F3N5S. The zero-order chi connectivity index (χ0) is 20.1. The van der Waals surface area contributed by atoms with E-state index in [-0.39, 0.29) is 12.5 Å². The monoisotopic (exact) mass is 405 g/mol. The Morgan fingerprint density at radius 1 is 1.11 bits per heavy atom. The summed E-state index contributed by atoms with van der Waals surface area (Å²) in [7, 11) is 0. The number of rotatable bonds is 5. The molecule has 146 valence electrons. The summed E-state index contributed by atoms with van der Waals surface area (Å²) < 4.78 is 39.9. The first-order chi connectivity index (χ1) is 13.3. The molecule has 0 aliphatic rings. The highest BCUT2D eigenvalue weighted by molar-refractivity contribution is 7.80. The lowest BCUT2D eigenvalue weighted by Crippen LogP contribution is -2.28. The topological polar surface area (TPSA) is 54.8 Å². The van der Waals surface area contributed by atoms with Crippen molar-refractivity contribution in [1.82, 2.24) is 20.1 Å². The predicted octanol–water partition coefficient (Wildman–Crippen LogP) is 4.14. The van der Waals surface area contributed by atoms with Crippen LogP contribution in [0, 0.1) is 6.92 Å². The van der Waals surface area contributed by atoms with Crippen molar-refractivity contribution >= 4 is 23.3 Å². The molecule has 2 N–H and O–H groups in total. The van der Waals surface area contributed by atoms with Gasteiger partial charge < -0.3 is 5.32 Å². The second-order valence-corrected chi connectivity index (χ2v) is 6.67. The first-order valence-electron chi connectivity index (χ1n) is 8.45. The molecule has 0 spiro atoms. The van der Waals surface area contributed by atoms with E-state index in [1.165, 1.54) is 22.6 Å². The number of nitrogens with one attached hydrogen (secondary N) is 2. The highest BCUT2D eigenvalue weighted by Crippen LogP contribution is 2.29. The number of benzene rings is 2. The third-order valence-electron chi connectivity index (χ3n) is 3.93. The maximum Gasteiger partial charge on any atom is 0.416 e. The van der Waals surface area contributed by atoms with Crippen molar-refractivity contribution in [3.05, 3.63) is 77.1 Å². The molecule has 0 aliphatic heterocycles. The Morgan fingerprint density at radius 3 is 2.57 bits per heavy atom. The van der Waals surface area contributed by atoms with Gasteiger partial charge in [-0.2, -0.15) is 13.2 Å². The van der Waals surface area contributed by atoms with E-state index >= 15 is 0 Å². The molecule has 0 unspecified atom stereocenters. The van der Waals surface area contributed by atoms with Gasteiger partial charge >= 0.3 is 6.18 Å². The van der Waals surface area contributed by atoms with Gasteiger partial charge in [0.1, 0.15) is 6.33 Å². The number of hydrogen-bond donors (Lipinski definition) is 2. The summed E-state index contributed by atoms with van der Waals surface area (Å²) in [5.74, 6) is 0.272. The lowest BCUT2D eigenvalue weighted by atomic mass is 10.1. The van der Waals surface area contributed by atoms with Crippen molar-refractivity contribution < 1.29 is 13.2 Å². The summed E-state index contributed by atoms with van der Waals surface area (Å²) >= 11 is 5.22. The van der Waals surface area contributed by atoms with E-state index in [9.17, 15) is 13.2 Å². The Balaban J connectivity index is 1.55. The molecule has 0 bridgehead atoms. The van der Waals surface area contributed by atoms with Gasteiger partial charge in [0, 0.05) is 6.54 Å². The fraction of sp³-hybridized carbons (Fsp3) is 0.211. The van der Waals surface area contributed by atoms with Crippen LogP contribution in [0.5, 0.6) is 0 Å². The summed E-state index contributed by atoms with van der Waals surface area (Å²) in [4.78, 5) is 4.08. The second kappa shape index (κ2) is 8.39. The molecule has 3 aromatic rings. The van der Waals surface area contributed by atoms with E-state index < -0.39 is 11.7 Å². The fourth-order valence-corrected chi connectivity index (χ4v) is 2.66. The van der Waals surface area contributed by atoms with Crippen LogP contribution >= 0.6 is 12.2 Å². The van der Waals surface area contributed by atoms with Gasteiger partial charge in [-0.15, -0.1) is 5.10 Å². The predicted molar refractivity (Wildman–Crippen MR) is 105 cm³/mol. The number of anilines is 1. The van der Waals surface area contributed by atoms with E-state index in [1.807, 2.05) is 31.2 Å². The maximum atomic E-state index is 12.8. The minimum atomic E-state index is -4.37. The normalized spacial score (nSPS) is 11.3. The van der Waals surface area contributed by atoms with Crippen LogP contribution in [0.1, 0.15) is 22.3 Å². The average molecular weight is 405 g/mol. The van der Waals surface area contributed by atoms with E-state index in [0.717, 1.165) is 17.7 Å². The zero-order valence-corrected chi connectivity index (χ0v) is 15.8. The van der Waals surface area contributed by atoms with Crippen molar-refractivity contribution in [2.45, 2.75) is 26.2 Å². The SMILES string of the molecule is Cc1ccc(CNC(=S)Nc2ncn(Cc3cccc(C(F)(F)F)c3)n2)cc1. The number of halogens is 3. The Hall–Kier alpha value is -2.94. The minimum absolute atomic E-state index is 0.169. The summed E-state index contributed by atoms with van der Waals surface area (Å²) in [6, 6.07) is 13.2. The van der Waals surface area contributed by atoms with Crippen LogP contribution in [0.2, 0.25) is 0 Å². The van der Waals surface area contributed by atoms with Gasteiger partial charge in [0.2, 0.25) is 5.95 Å².